The van der Waals surface area contributed by atoms with E-state index in [2.05, 4.69) is 5.32 Å². The number of benzene rings is 2. The summed E-state index contributed by atoms with van der Waals surface area (Å²) in [4.78, 5) is 15.9. The monoisotopic (exact) mass is 419 g/mol. The number of nitrogens with zero attached hydrogens (tertiary/aromatic N) is 2. The highest BCUT2D eigenvalue weighted by Gasteiger charge is 2.36. The first kappa shape index (κ1) is 20.9. The van der Waals surface area contributed by atoms with Crippen molar-refractivity contribution in [2.24, 2.45) is 0 Å². The van der Waals surface area contributed by atoms with Crippen molar-refractivity contribution in [3.05, 3.63) is 76.2 Å². The lowest BCUT2D eigenvalue weighted by Crippen LogP contribution is -2.49. The van der Waals surface area contributed by atoms with Crippen molar-refractivity contribution in [1.82, 2.24) is 10.2 Å². The molecule has 3 rings (SSSR count). The summed E-state index contributed by atoms with van der Waals surface area (Å²) >= 11 is 5.45. The van der Waals surface area contributed by atoms with E-state index in [1.165, 1.54) is 21.9 Å². The van der Waals surface area contributed by atoms with E-state index in [0.717, 1.165) is 12.1 Å². The predicted octanol–water partition coefficient (Wildman–Crippen LogP) is 4.21. The third kappa shape index (κ3) is 3.85. The van der Waals surface area contributed by atoms with Gasteiger partial charge in [-0.15, -0.1) is 0 Å². The largest absolute Gasteiger partial charge is 0.351 e. The molecule has 1 N–H and O–H groups in total. The van der Waals surface area contributed by atoms with Crippen molar-refractivity contribution in [2.75, 3.05) is 19.0 Å². The van der Waals surface area contributed by atoms with E-state index in [9.17, 15) is 18.0 Å². The second-order valence-corrected chi connectivity index (χ2v) is 7.40. The standard InChI is InChI=1S/C21H20F3N3OS/c1-11-5-7-14(10-16(11)23)27-12(2)18(20(28)26(3)4)19(25-21(27)29)15-8-6-13(22)9-17(15)24/h5-10,19H,1-4H3,(H,25,29)/t19-/m1/s1. The minimum Gasteiger partial charge on any atom is -0.351 e. The summed E-state index contributed by atoms with van der Waals surface area (Å²) in [6.45, 7) is 3.30. The zero-order chi connectivity index (χ0) is 21.5. The van der Waals surface area contributed by atoms with Gasteiger partial charge in [0, 0.05) is 31.4 Å². The van der Waals surface area contributed by atoms with E-state index in [4.69, 9.17) is 12.2 Å². The lowest BCUT2D eigenvalue weighted by atomic mass is 9.93. The molecule has 1 amide bonds. The zero-order valence-corrected chi connectivity index (χ0v) is 17.2. The summed E-state index contributed by atoms with van der Waals surface area (Å²) in [6.07, 6.45) is 0. The van der Waals surface area contributed by atoms with Gasteiger partial charge in [0.25, 0.3) is 5.91 Å². The number of rotatable bonds is 3. The van der Waals surface area contributed by atoms with Crippen LogP contribution < -0.4 is 10.2 Å². The van der Waals surface area contributed by atoms with Gasteiger partial charge in [0.1, 0.15) is 17.5 Å². The molecule has 29 heavy (non-hydrogen) atoms. The van der Waals surface area contributed by atoms with Gasteiger partial charge in [-0.25, -0.2) is 13.2 Å². The molecule has 1 aliphatic rings. The van der Waals surface area contributed by atoms with Crippen molar-refractivity contribution < 1.29 is 18.0 Å². The molecule has 0 saturated heterocycles. The van der Waals surface area contributed by atoms with Crippen LogP contribution in [0.1, 0.15) is 24.1 Å². The molecule has 0 bridgehead atoms. The van der Waals surface area contributed by atoms with Crippen LogP contribution in [-0.2, 0) is 4.79 Å². The number of carbonyl (C=O) groups excluding carboxylic acids is 1. The molecular weight excluding hydrogens is 399 g/mol. The molecule has 0 spiro atoms. The Labute approximate surface area is 172 Å². The molecule has 8 heteroatoms. The summed E-state index contributed by atoms with van der Waals surface area (Å²) in [7, 11) is 3.15. The van der Waals surface area contributed by atoms with Crippen LogP contribution in [0.4, 0.5) is 18.9 Å². The van der Waals surface area contributed by atoms with E-state index in [1.807, 2.05) is 0 Å². The van der Waals surface area contributed by atoms with Gasteiger partial charge in [0.05, 0.1) is 17.3 Å². The van der Waals surface area contributed by atoms with E-state index in [-0.39, 0.29) is 22.2 Å². The number of likely N-dealkylation sites (N-methyl/N-ethyl adjacent to an activating group) is 1. The molecule has 1 atom stereocenters. The lowest BCUT2D eigenvalue weighted by Gasteiger charge is -2.38. The number of allylic oxidation sites excluding steroid dienone is 1. The highest BCUT2D eigenvalue weighted by Crippen LogP contribution is 2.35. The third-order valence-electron chi connectivity index (χ3n) is 4.81. The first-order valence-electron chi connectivity index (χ1n) is 8.86. The Kier molecular flexibility index (Phi) is 5.66. The molecule has 0 saturated carbocycles. The van der Waals surface area contributed by atoms with Crippen LogP contribution in [0.3, 0.4) is 0 Å². The van der Waals surface area contributed by atoms with Crippen LogP contribution in [0.5, 0.6) is 0 Å². The molecule has 0 aromatic heterocycles. The topological polar surface area (TPSA) is 35.6 Å². The van der Waals surface area contributed by atoms with Gasteiger partial charge in [-0.2, -0.15) is 0 Å². The van der Waals surface area contributed by atoms with Gasteiger partial charge < -0.3 is 10.2 Å². The Bertz CT molecular complexity index is 1040. The predicted molar refractivity (Wildman–Crippen MR) is 110 cm³/mol. The first-order valence-corrected chi connectivity index (χ1v) is 9.26. The minimum atomic E-state index is -0.912. The quantitative estimate of drug-likeness (QED) is 0.756. The average molecular weight is 419 g/mol. The minimum absolute atomic E-state index is 0.0908. The van der Waals surface area contributed by atoms with Crippen LogP contribution in [0, 0.1) is 24.4 Å². The molecule has 2 aromatic rings. The summed E-state index contributed by atoms with van der Waals surface area (Å²) in [5, 5.41) is 3.13. The summed E-state index contributed by atoms with van der Waals surface area (Å²) in [5.74, 6) is -2.30. The first-order chi connectivity index (χ1) is 13.6. The Morgan fingerprint density at radius 2 is 1.76 bits per heavy atom. The fourth-order valence-corrected chi connectivity index (χ4v) is 3.62. The Balaban J connectivity index is 2.20. The van der Waals surface area contributed by atoms with Crippen molar-refractivity contribution >= 4 is 28.9 Å². The summed E-state index contributed by atoms with van der Waals surface area (Å²) in [5.41, 5.74) is 1.67. The molecule has 2 aromatic carbocycles. The van der Waals surface area contributed by atoms with E-state index in [1.54, 1.807) is 40.1 Å². The Hall–Kier alpha value is -2.87. The molecule has 1 heterocycles. The van der Waals surface area contributed by atoms with Gasteiger partial charge in [0.15, 0.2) is 5.11 Å². The number of hydrogen-bond acceptors (Lipinski definition) is 2. The fraction of sp³-hybridized carbons (Fsp3) is 0.238. The molecule has 0 fully saturated rings. The number of aryl methyl sites for hydroxylation is 1. The third-order valence-corrected chi connectivity index (χ3v) is 5.11. The van der Waals surface area contributed by atoms with Crippen LogP contribution in [-0.4, -0.2) is 30.0 Å². The average Bonchev–Trinajstić information content (AvgIpc) is 2.63. The van der Waals surface area contributed by atoms with Crippen molar-refractivity contribution in [3.63, 3.8) is 0 Å². The molecule has 4 nitrogen and oxygen atoms in total. The fourth-order valence-electron chi connectivity index (χ4n) is 3.26. The van der Waals surface area contributed by atoms with Crippen LogP contribution in [0.2, 0.25) is 0 Å². The maximum atomic E-state index is 14.5. The van der Waals surface area contributed by atoms with E-state index in [0.29, 0.717) is 16.9 Å². The normalized spacial score (nSPS) is 16.7. The maximum Gasteiger partial charge on any atom is 0.253 e. The summed E-state index contributed by atoms with van der Waals surface area (Å²) < 4.78 is 42.0. The second kappa shape index (κ2) is 7.87. The van der Waals surface area contributed by atoms with Gasteiger partial charge >= 0.3 is 0 Å². The molecule has 0 radical (unpaired) electrons. The van der Waals surface area contributed by atoms with Gasteiger partial charge in [-0.1, -0.05) is 12.1 Å². The highest BCUT2D eigenvalue weighted by molar-refractivity contribution is 7.80. The van der Waals surface area contributed by atoms with Crippen molar-refractivity contribution in [3.8, 4) is 0 Å². The van der Waals surface area contributed by atoms with E-state index >= 15 is 0 Å². The molecule has 1 aliphatic heterocycles. The number of thiocarbonyl (C=S) groups is 1. The number of nitrogens with one attached hydrogen (secondary N) is 1. The van der Waals surface area contributed by atoms with E-state index < -0.39 is 23.5 Å². The van der Waals surface area contributed by atoms with Gasteiger partial charge in [-0.3, -0.25) is 9.69 Å². The van der Waals surface area contributed by atoms with Crippen LogP contribution in [0.15, 0.2) is 47.7 Å². The molecule has 0 unspecified atom stereocenters. The molecule has 152 valence electrons. The maximum absolute atomic E-state index is 14.5. The molecular formula is C21H20F3N3OS. The number of carbonyl (C=O) groups is 1. The number of anilines is 1. The van der Waals surface area contributed by atoms with Crippen molar-refractivity contribution in [1.29, 1.82) is 0 Å². The van der Waals surface area contributed by atoms with Crippen LogP contribution in [0.25, 0.3) is 0 Å². The number of halogens is 3. The number of hydrogen-bond donors (Lipinski definition) is 1. The zero-order valence-electron chi connectivity index (χ0n) is 16.4. The summed E-state index contributed by atoms with van der Waals surface area (Å²) in [6, 6.07) is 6.87. The Morgan fingerprint density at radius 1 is 1.07 bits per heavy atom. The van der Waals surface area contributed by atoms with Crippen molar-refractivity contribution in [2.45, 2.75) is 19.9 Å². The van der Waals surface area contributed by atoms with Gasteiger partial charge in [0.2, 0.25) is 0 Å². The Morgan fingerprint density at radius 3 is 2.34 bits per heavy atom. The van der Waals surface area contributed by atoms with Crippen LogP contribution >= 0.6 is 12.2 Å². The SMILES string of the molecule is CC1=C(C(=O)N(C)C)[C@@H](c2ccc(F)cc2F)NC(=S)N1c1ccc(C)c(F)c1. The smallest absolute Gasteiger partial charge is 0.253 e. The highest BCUT2D eigenvalue weighted by atomic mass is 32.1. The molecule has 0 aliphatic carbocycles. The lowest BCUT2D eigenvalue weighted by molar-refractivity contribution is -0.125. The number of amides is 1. The van der Waals surface area contributed by atoms with Gasteiger partial charge in [-0.05, 0) is 49.8 Å². The second-order valence-electron chi connectivity index (χ2n) is 7.02.